The second-order valence-corrected chi connectivity index (χ2v) is 0. The molecule has 0 rings (SSSR count). The summed E-state index contributed by atoms with van der Waals surface area (Å²) in [6.45, 7) is 0. The van der Waals surface area contributed by atoms with Crippen LogP contribution in [-0.4, -0.2) is 17.4 Å². The summed E-state index contributed by atoms with van der Waals surface area (Å²) in [5.41, 5.74) is 0. The maximum absolute atomic E-state index is 0. The normalized spacial score (nSPS) is 0. The standard InChI is InChI=1S/Al.Co.Cu.7FH/h;;;7*1H/q+3;2*+2;;;;;;;/p-7. The molecule has 0 fully saturated rings. The molecule has 0 unspecified atom stereocenters. The number of halogens is 7. The summed E-state index contributed by atoms with van der Waals surface area (Å²) in [4.78, 5) is 0. The quantitative estimate of drug-likeness (QED) is 0.306. The predicted octanol–water partition coefficient (Wildman–Crippen LogP) is -21.4. The molecule has 10 heteroatoms. The van der Waals surface area contributed by atoms with E-state index < -0.39 is 0 Å². The van der Waals surface area contributed by atoms with Gasteiger partial charge in [0, 0.05) is 0 Å². The van der Waals surface area contributed by atoms with Gasteiger partial charge in [0.25, 0.3) is 0 Å². The van der Waals surface area contributed by atoms with Gasteiger partial charge in [-0.1, -0.05) is 0 Å². The van der Waals surface area contributed by atoms with Crippen LogP contribution >= 0.6 is 0 Å². The minimum Gasteiger partial charge on any atom is -1.00 e. The fourth-order valence-corrected chi connectivity index (χ4v) is 0. The molecule has 0 saturated heterocycles. The maximum atomic E-state index is 0. The van der Waals surface area contributed by atoms with Gasteiger partial charge in [-0.05, 0) is 0 Å². The number of hydrogen-bond acceptors (Lipinski definition) is 0. The van der Waals surface area contributed by atoms with E-state index in [0.29, 0.717) is 0 Å². The molecule has 0 aromatic rings. The van der Waals surface area contributed by atoms with Crippen LogP contribution in [0.25, 0.3) is 0 Å². The summed E-state index contributed by atoms with van der Waals surface area (Å²) in [5, 5.41) is 0. The van der Waals surface area contributed by atoms with E-state index in [1.165, 1.54) is 0 Å². The smallest absolute Gasteiger partial charge is 1.00 e. The summed E-state index contributed by atoms with van der Waals surface area (Å²) in [6.07, 6.45) is 0. The summed E-state index contributed by atoms with van der Waals surface area (Å²) in [5.74, 6) is 0. The summed E-state index contributed by atoms with van der Waals surface area (Å²) in [7, 11) is 0. The Balaban J connectivity index is 0. The van der Waals surface area contributed by atoms with Gasteiger partial charge in [-0.2, -0.15) is 0 Å². The van der Waals surface area contributed by atoms with Gasteiger partial charge < -0.3 is 32.9 Å². The molecule has 0 aliphatic heterocycles. The van der Waals surface area contributed by atoms with Gasteiger partial charge in [0.2, 0.25) is 0 Å². The average Bonchev–Trinajstić information content (AvgIpc) is 0. The third kappa shape index (κ3) is 517. The van der Waals surface area contributed by atoms with Crippen molar-refractivity contribution >= 4 is 17.4 Å². The largest absolute Gasteiger partial charge is 3.00 e. The van der Waals surface area contributed by atoms with Crippen molar-refractivity contribution in [2.75, 3.05) is 0 Å². The SMILES string of the molecule is [Al+3].[Co+2].[Cu+2].[F-].[F-].[F-].[F-].[F-].[F-].[F-]. The molecule has 2 radical (unpaired) electrons. The first kappa shape index (κ1) is 983. The van der Waals surface area contributed by atoms with Crippen molar-refractivity contribution in [3.63, 3.8) is 0 Å². The van der Waals surface area contributed by atoms with Crippen molar-refractivity contribution in [2.24, 2.45) is 0 Å². The van der Waals surface area contributed by atoms with Crippen LogP contribution in [0.1, 0.15) is 0 Å². The summed E-state index contributed by atoms with van der Waals surface area (Å²) in [6, 6.07) is 0. The van der Waals surface area contributed by atoms with Crippen molar-refractivity contribution in [3.8, 4) is 0 Å². The molecule has 0 heterocycles. The predicted molar refractivity (Wildman–Crippen MR) is 5.75 cm³/mol. The Bertz CT molecular complexity index is 13.6. The van der Waals surface area contributed by atoms with Crippen molar-refractivity contribution in [2.45, 2.75) is 0 Å². The Morgan fingerprint density at radius 3 is 0.400 bits per heavy atom. The fraction of sp³-hybridized carbons (Fsp3) is 0. The molecule has 0 aliphatic carbocycles. The van der Waals surface area contributed by atoms with E-state index in [2.05, 4.69) is 0 Å². The topological polar surface area (TPSA) is 0 Å². The van der Waals surface area contributed by atoms with E-state index in [1.54, 1.807) is 0 Å². The van der Waals surface area contributed by atoms with Gasteiger partial charge in [0.1, 0.15) is 0 Å². The second-order valence-electron chi connectivity index (χ2n) is 0. The summed E-state index contributed by atoms with van der Waals surface area (Å²) < 4.78 is 0. The molecule has 0 amide bonds. The minimum atomic E-state index is 0. The molecule has 0 atom stereocenters. The van der Waals surface area contributed by atoms with E-state index in [1.807, 2.05) is 0 Å². The fourth-order valence-electron chi connectivity index (χ4n) is 0. The first-order chi connectivity index (χ1) is 0. The van der Waals surface area contributed by atoms with Crippen LogP contribution < -0.4 is 32.9 Å². The molecule has 0 aromatic carbocycles. The monoisotopic (exact) mass is 282 g/mol. The summed E-state index contributed by atoms with van der Waals surface area (Å²) >= 11 is 0. The van der Waals surface area contributed by atoms with Gasteiger partial charge in [-0.3, -0.25) is 0 Å². The molecule has 0 bridgehead atoms. The van der Waals surface area contributed by atoms with E-state index in [4.69, 9.17) is 0 Å². The Hall–Kier alpha value is 1.07. The molecule has 0 spiro atoms. The second kappa shape index (κ2) is 725. The van der Waals surface area contributed by atoms with E-state index in [9.17, 15) is 0 Å². The van der Waals surface area contributed by atoms with Crippen LogP contribution in [0.5, 0.6) is 0 Å². The maximum Gasteiger partial charge on any atom is 3.00 e. The average molecular weight is 282 g/mol. The Kier molecular flexibility index (Phi) is 71300. The van der Waals surface area contributed by atoms with Gasteiger partial charge in [-0.25, -0.2) is 0 Å². The van der Waals surface area contributed by atoms with Gasteiger partial charge in [-0.15, -0.1) is 0 Å². The van der Waals surface area contributed by atoms with E-state index in [0.717, 1.165) is 0 Å². The van der Waals surface area contributed by atoms with Crippen LogP contribution in [0.4, 0.5) is 0 Å². The zero-order chi connectivity index (χ0) is 0. The first-order valence-corrected chi connectivity index (χ1v) is 0. The van der Waals surface area contributed by atoms with E-state index in [-0.39, 0.29) is 84.1 Å². The van der Waals surface area contributed by atoms with Crippen LogP contribution in [0.2, 0.25) is 0 Å². The van der Waals surface area contributed by atoms with Crippen molar-refractivity contribution in [1.29, 1.82) is 0 Å². The molecule has 0 N–H and O–H groups in total. The zero-order valence-electron chi connectivity index (χ0n) is 3.86. The van der Waals surface area contributed by atoms with Crippen molar-refractivity contribution in [3.05, 3.63) is 0 Å². The van der Waals surface area contributed by atoms with Crippen molar-refractivity contribution < 1.29 is 66.8 Å². The van der Waals surface area contributed by atoms with E-state index >= 15 is 0 Å². The Morgan fingerprint density at radius 2 is 0.400 bits per heavy atom. The van der Waals surface area contributed by atoms with Crippen LogP contribution in [-0.2, 0) is 33.8 Å². The zero-order valence-corrected chi connectivity index (χ0v) is 7.00. The number of rotatable bonds is 0. The molecule has 0 aromatic heterocycles. The Labute approximate surface area is 84.3 Å². The Morgan fingerprint density at radius 1 is 0.400 bits per heavy atom. The molecular formula is AlCoCuF7. The molecule has 10 heavy (non-hydrogen) atoms. The first-order valence-electron chi connectivity index (χ1n) is 0. The molecule has 72 valence electrons. The minimum absolute atomic E-state index is 0. The molecule has 0 saturated carbocycles. The van der Waals surface area contributed by atoms with Crippen LogP contribution in [0.3, 0.4) is 0 Å². The van der Waals surface area contributed by atoms with Gasteiger partial charge in [0.15, 0.2) is 0 Å². The van der Waals surface area contributed by atoms with Crippen molar-refractivity contribution in [1.82, 2.24) is 0 Å². The van der Waals surface area contributed by atoms with Crippen LogP contribution in [0, 0.1) is 0 Å². The molecule has 0 aliphatic rings. The number of hydrogen-bond donors (Lipinski definition) is 0. The third-order valence-electron chi connectivity index (χ3n) is 0. The molecule has 0 nitrogen and oxygen atoms in total. The van der Waals surface area contributed by atoms with Gasteiger partial charge >= 0.3 is 51.2 Å². The van der Waals surface area contributed by atoms with Gasteiger partial charge in [0.05, 0.1) is 0 Å². The molecular weight excluding hydrogens is 282 g/mol. The third-order valence-corrected chi connectivity index (χ3v) is 0. The van der Waals surface area contributed by atoms with Crippen LogP contribution in [0.15, 0.2) is 0 Å².